The molecule has 0 amide bonds. The Kier molecular flexibility index (Phi) is 3.16. The number of hydrogen-bond donors (Lipinski definition) is 0. The van der Waals surface area contributed by atoms with Gasteiger partial charge in [-0.2, -0.15) is 0 Å². The Morgan fingerprint density at radius 3 is 2.50 bits per heavy atom. The number of rotatable bonds is 2. The van der Waals surface area contributed by atoms with Gasteiger partial charge in [0.1, 0.15) is 0 Å². The van der Waals surface area contributed by atoms with Gasteiger partial charge in [0.2, 0.25) is 5.92 Å². The van der Waals surface area contributed by atoms with Gasteiger partial charge in [0, 0.05) is 31.0 Å². The molecule has 6 nitrogen and oxygen atoms in total. The molecule has 1 fully saturated rings. The van der Waals surface area contributed by atoms with Crippen molar-refractivity contribution >= 4 is 28.6 Å². The number of Topliss-reactive ketones (excluding diaryl/α,β-unsaturated/α-hetero) is 1. The third kappa shape index (κ3) is 2.43. The number of carbonyl (C=O) groups excluding carboxylic acids is 3. The summed E-state index contributed by atoms with van der Waals surface area (Å²) in [5.41, 5.74) is 0.952. The number of hydrogen-bond acceptors (Lipinski definition) is 6. The number of carbonyl (C=O) groups is 3. The van der Waals surface area contributed by atoms with Gasteiger partial charge in [-0.3, -0.25) is 19.4 Å². The lowest BCUT2D eigenvalue weighted by atomic mass is 9.95. The highest BCUT2D eigenvalue weighted by molar-refractivity contribution is 6.21. The fourth-order valence-corrected chi connectivity index (χ4v) is 2.33. The molecule has 22 heavy (non-hydrogen) atoms. The van der Waals surface area contributed by atoms with Crippen LogP contribution in [-0.4, -0.2) is 28.5 Å². The number of nitrogens with zero attached hydrogens (tertiary/aromatic N) is 1. The summed E-state index contributed by atoms with van der Waals surface area (Å²) < 4.78 is 9.94. The van der Waals surface area contributed by atoms with Crippen LogP contribution in [0.4, 0.5) is 0 Å². The molecule has 0 N–H and O–H groups in total. The minimum absolute atomic E-state index is 0.235. The standard InChI is InChI=1S/C16H13NO5/c1-16(2)21-14(19)12(15(20)22-16)13(18)10-5-6-11-9(8-10)4-3-7-17-11/h3-8,12H,1-2H3. The molecule has 0 radical (unpaired) electrons. The van der Waals surface area contributed by atoms with Crippen LogP contribution < -0.4 is 0 Å². The summed E-state index contributed by atoms with van der Waals surface area (Å²) in [5, 5.41) is 0.742. The number of esters is 2. The number of cyclic esters (lactones) is 2. The zero-order chi connectivity index (χ0) is 15.9. The molecule has 0 spiro atoms. The lowest BCUT2D eigenvalue weighted by Crippen LogP contribution is -2.49. The van der Waals surface area contributed by atoms with Crippen molar-refractivity contribution in [3.05, 3.63) is 42.1 Å². The Balaban J connectivity index is 1.95. The highest BCUT2D eigenvalue weighted by atomic mass is 16.7. The molecule has 112 valence electrons. The summed E-state index contributed by atoms with van der Waals surface area (Å²) >= 11 is 0. The first-order valence-corrected chi connectivity index (χ1v) is 6.72. The van der Waals surface area contributed by atoms with E-state index in [0.29, 0.717) is 5.52 Å². The second kappa shape index (κ2) is 4.91. The molecule has 1 aromatic heterocycles. The van der Waals surface area contributed by atoms with Crippen molar-refractivity contribution in [3.8, 4) is 0 Å². The van der Waals surface area contributed by atoms with Crippen LogP contribution in [0.15, 0.2) is 36.5 Å². The molecule has 6 heteroatoms. The van der Waals surface area contributed by atoms with Crippen molar-refractivity contribution in [2.75, 3.05) is 0 Å². The first-order valence-electron chi connectivity index (χ1n) is 6.72. The Bertz CT molecular complexity index is 776. The molecule has 0 aliphatic carbocycles. The molecule has 1 saturated heterocycles. The van der Waals surface area contributed by atoms with E-state index < -0.39 is 29.4 Å². The Morgan fingerprint density at radius 2 is 1.82 bits per heavy atom. The summed E-state index contributed by atoms with van der Waals surface area (Å²) in [6.07, 6.45) is 1.64. The highest BCUT2D eigenvalue weighted by Crippen LogP contribution is 2.26. The lowest BCUT2D eigenvalue weighted by molar-refractivity contribution is -0.236. The number of aromatic nitrogens is 1. The van der Waals surface area contributed by atoms with E-state index in [-0.39, 0.29) is 5.56 Å². The van der Waals surface area contributed by atoms with Crippen molar-refractivity contribution in [2.24, 2.45) is 5.92 Å². The molecule has 2 heterocycles. The van der Waals surface area contributed by atoms with Crippen LogP contribution in [0.3, 0.4) is 0 Å². The molecule has 2 aromatic rings. The first-order chi connectivity index (χ1) is 10.4. The van der Waals surface area contributed by atoms with Gasteiger partial charge in [-0.05, 0) is 24.3 Å². The maximum atomic E-state index is 12.5. The minimum Gasteiger partial charge on any atom is -0.422 e. The van der Waals surface area contributed by atoms with Gasteiger partial charge in [0.15, 0.2) is 5.78 Å². The maximum Gasteiger partial charge on any atom is 0.331 e. The lowest BCUT2D eigenvalue weighted by Gasteiger charge is -2.32. The van der Waals surface area contributed by atoms with E-state index in [0.717, 1.165) is 5.39 Å². The Hall–Kier alpha value is -2.76. The van der Waals surface area contributed by atoms with Crippen LogP contribution in [0.2, 0.25) is 0 Å². The predicted molar refractivity (Wildman–Crippen MR) is 75.8 cm³/mol. The molecule has 3 rings (SSSR count). The monoisotopic (exact) mass is 299 g/mol. The molecular formula is C16H13NO5. The van der Waals surface area contributed by atoms with Crippen molar-refractivity contribution in [1.29, 1.82) is 0 Å². The van der Waals surface area contributed by atoms with Crippen LogP contribution >= 0.6 is 0 Å². The SMILES string of the molecule is CC1(C)OC(=O)C(C(=O)c2ccc3ncccc3c2)C(=O)O1. The summed E-state index contributed by atoms with van der Waals surface area (Å²) in [6, 6.07) is 8.30. The quantitative estimate of drug-likeness (QED) is 0.478. The zero-order valence-corrected chi connectivity index (χ0v) is 12.0. The van der Waals surface area contributed by atoms with E-state index in [9.17, 15) is 14.4 Å². The van der Waals surface area contributed by atoms with Crippen molar-refractivity contribution in [3.63, 3.8) is 0 Å². The molecule has 1 aliphatic heterocycles. The maximum absolute atomic E-state index is 12.5. The number of ether oxygens (including phenoxy) is 2. The van der Waals surface area contributed by atoms with Gasteiger partial charge < -0.3 is 9.47 Å². The topological polar surface area (TPSA) is 82.6 Å². The van der Waals surface area contributed by atoms with Gasteiger partial charge in [-0.15, -0.1) is 0 Å². The Morgan fingerprint density at radius 1 is 1.14 bits per heavy atom. The molecule has 1 aromatic carbocycles. The minimum atomic E-state index is -1.58. The van der Waals surface area contributed by atoms with Gasteiger partial charge in [0.25, 0.3) is 5.79 Å². The largest absolute Gasteiger partial charge is 0.422 e. The van der Waals surface area contributed by atoms with E-state index in [1.165, 1.54) is 19.9 Å². The highest BCUT2D eigenvalue weighted by Gasteiger charge is 2.47. The van der Waals surface area contributed by atoms with Gasteiger partial charge in [-0.1, -0.05) is 6.07 Å². The van der Waals surface area contributed by atoms with Crippen molar-refractivity contribution < 1.29 is 23.9 Å². The van der Waals surface area contributed by atoms with Crippen LogP contribution in [0.1, 0.15) is 24.2 Å². The number of ketones is 1. The first kappa shape index (κ1) is 14.2. The van der Waals surface area contributed by atoms with E-state index >= 15 is 0 Å². The molecule has 0 bridgehead atoms. The fraction of sp³-hybridized carbons (Fsp3) is 0.250. The van der Waals surface area contributed by atoms with Gasteiger partial charge >= 0.3 is 11.9 Å². The summed E-state index contributed by atoms with van der Waals surface area (Å²) in [7, 11) is 0. The zero-order valence-electron chi connectivity index (χ0n) is 12.0. The van der Waals surface area contributed by atoms with E-state index in [2.05, 4.69) is 4.98 Å². The fourth-order valence-electron chi connectivity index (χ4n) is 2.33. The third-order valence-electron chi connectivity index (χ3n) is 3.31. The summed E-state index contributed by atoms with van der Waals surface area (Å²) in [5.74, 6) is -5.36. The summed E-state index contributed by atoms with van der Waals surface area (Å²) in [4.78, 5) is 40.5. The number of pyridine rings is 1. The second-order valence-electron chi connectivity index (χ2n) is 5.45. The summed E-state index contributed by atoms with van der Waals surface area (Å²) in [6.45, 7) is 2.87. The molecule has 0 saturated carbocycles. The van der Waals surface area contributed by atoms with Crippen molar-refractivity contribution in [1.82, 2.24) is 4.98 Å². The van der Waals surface area contributed by atoms with Crippen LogP contribution in [0.5, 0.6) is 0 Å². The molecule has 0 atom stereocenters. The average Bonchev–Trinajstić information content (AvgIpc) is 2.44. The van der Waals surface area contributed by atoms with Gasteiger partial charge in [0.05, 0.1) is 5.52 Å². The smallest absolute Gasteiger partial charge is 0.331 e. The van der Waals surface area contributed by atoms with E-state index in [1.54, 1.807) is 30.5 Å². The number of fused-ring (bicyclic) bond motifs is 1. The van der Waals surface area contributed by atoms with Crippen LogP contribution in [-0.2, 0) is 19.1 Å². The normalized spacial score (nSPS) is 17.9. The Labute approximate surface area is 126 Å². The van der Waals surface area contributed by atoms with E-state index in [1.807, 2.05) is 0 Å². The number of benzene rings is 1. The predicted octanol–water partition coefficient (Wildman–Crippen LogP) is 1.87. The molecule has 0 unspecified atom stereocenters. The van der Waals surface area contributed by atoms with Gasteiger partial charge in [-0.25, -0.2) is 0 Å². The van der Waals surface area contributed by atoms with Crippen LogP contribution in [0, 0.1) is 5.92 Å². The molecular weight excluding hydrogens is 286 g/mol. The van der Waals surface area contributed by atoms with Crippen LogP contribution in [0.25, 0.3) is 10.9 Å². The average molecular weight is 299 g/mol. The second-order valence-corrected chi connectivity index (χ2v) is 5.45. The van der Waals surface area contributed by atoms with Crippen molar-refractivity contribution in [2.45, 2.75) is 19.6 Å². The van der Waals surface area contributed by atoms with E-state index in [4.69, 9.17) is 9.47 Å². The third-order valence-corrected chi connectivity index (χ3v) is 3.31. The molecule has 1 aliphatic rings.